The van der Waals surface area contributed by atoms with E-state index in [9.17, 15) is 19.8 Å². The average molecular weight is 387 g/mol. The third-order valence-electron chi connectivity index (χ3n) is 3.76. The number of benzene rings is 2. The van der Waals surface area contributed by atoms with E-state index in [1.165, 1.54) is 12.1 Å². The lowest BCUT2D eigenvalue weighted by Crippen LogP contribution is -2.44. The summed E-state index contributed by atoms with van der Waals surface area (Å²) in [7, 11) is 0. The van der Waals surface area contributed by atoms with Gasteiger partial charge in [0, 0.05) is 6.42 Å². The van der Waals surface area contributed by atoms with Gasteiger partial charge in [0.1, 0.15) is 17.4 Å². The summed E-state index contributed by atoms with van der Waals surface area (Å²) in [5.41, 5.74) is 0.685. The van der Waals surface area contributed by atoms with Crippen LogP contribution in [0.25, 0.3) is 0 Å². The summed E-state index contributed by atoms with van der Waals surface area (Å²) in [4.78, 5) is 29.4. The van der Waals surface area contributed by atoms with Crippen molar-refractivity contribution < 1.29 is 29.4 Å². The molecule has 0 fully saturated rings. The number of carbonyl (C=O) groups excluding carboxylic acids is 1. The van der Waals surface area contributed by atoms with Gasteiger partial charge in [0.05, 0.1) is 6.54 Å². The molecule has 2 aromatic carbocycles. The monoisotopic (exact) mass is 387 g/mol. The van der Waals surface area contributed by atoms with E-state index in [0.717, 1.165) is 10.6 Å². The molecular formula is C21H25NO6. The third-order valence-corrected chi connectivity index (χ3v) is 3.76. The van der Waals surface area contributed by atoms with E-state index in [2.05, 4.69) is 0 Å². The summed E-state index contributed by atoms with van der Waals surface area (Å²) in [6.07, 6.45) is -0.897. The quantitative estimate of drug-likeness (QED) is 0.551. The molecular weight excluding hydrogens is 362 g/mol. The molecule has 0 spiro atoms. The van der Waals surface area contributed by atoms with Crippen LogP contribution < -0.4 is 0 Å². The van der Waals surface area contributed by atoms with Gasteiger partial charge in [-0.1, -0.05) is 42.5 Å². The minimum Gasteiger partial charge on any atom is -0.508 e. The first-order valence-electron chi connectivity index (χ1n) is 8.86. The van der Waals surface area contributed by atoms with Gasteiger partial charge in [-0.15, -0.1) is 5.06 Å². The minimum absolute atomic E-state index is 0.0746. The van der Waals surface area contributed by atoms with Crippen molar-refractivity contribution in [2.75, 3.05) is 0 Å². The van der Waals surface area contributed by atoms with Gasteiger partial charge in [0.25, 0.3) is 0 Å². The van der Waals surface area contributed by atoms with E-state index in [1.807, 2.05) is 30.3 Å². The number of nitrogens with zero attached hydrogens (tertiary/aromatic N) is 1. The van der Waals surface area contributed by atoms with Crippen molar-refractivity contribution in [3.63, 3.8) is 0 Å². The van der Waals surface area contributed by atoms with E-state index in [-0.39, 0.29) is 18.7 Å². The molecule has 0 aromatic heterocycles. The maximum Gasteiger partial charge on any atom is 0.528 e. The predicted molar refractivity (Wildman–Crippen MR) is 103 cm³/mol. The van der Waals surface area contributed by atoms with Crippen LogP contribution in [0.3, 0.4) is 0 Å². The number of carboxylic acid groups (broad SMARTS) is 1. The predicted octanol–water partition coefficient (Wildman–Crippen LogP) is 3.76. The zero-order chi connectivity index (χ0) is 20.7. The molecule has 0 aliphatic rings. The molecule has 0 saturated carbocycles. The van der Waals surface area contributed by atoms with Crippen molar-refractivity contribution in [1.29, 1.82) is 0 Å². The fourth-order valence-corrected chi connectivity index (χ4v) is 2.50. The number of carboxylic acids is 1. The van der Waals surface area contributed by atoms with E-state index in [1.54, 1.807) is 32.9 Å². The van der Waals surface area contributed by atoms with Gasteiger partial charge >= 0.3 is 12.1 Å². The van der Waals surface area contributed by atoms with Gasteiger partial charge in [-0.2, -0.15) is 0 Å². The van der Waals surface area contributed by atoms with Crippen LogP contribution in [0.5, 0.6) is 5.75 Å². The second kappa shape index (κ2) is 9.23. The summed E-state index contributed by atoms with van der Waals surface area (Å²) in [6.45, 7) is 5.16. The van der Waals surface area contributed by atoms with E-state index in [4.69, 9.17) is 9.57 Å². The Labute approximate surface area is 164 Å². The molecule has 7 heteroatoms. The van der Waals surface area contributed by atoms with E-state index < -0.39 is 23.8 Å². The van der Waals surface area contributed by atoms with Crippen molar-refractivity contribution in [2.24, 2.45) is 0 Å². The SMILES string of the molecule is CC(C)(C)OC(=O)ON(Cc1ccccc1)[C@H](Cc1ccc(O)cc1)C(=O)O. The zero-order valence-electron chi connectivity index (χ0n) is 16.2. The minimum atomic E-state index is -1.15. The zero-order valence-corrected chi connectivity index (χ0v) is 16.2. The largest absolute Gasteiger partial charge is 0.528 e. The molecule has 0 aliphatic heterocycles. The van der Waals surface area contributed by atoms with Crippen molar-refractivity contribution in [2.45, 2.75) is 45.4 Å². The molecule has 0 aliphatic carbocycles. The first-order valence-corrected chi connectivity index (χ1v) is 8.86. The van der Waals surface area contributed by atoms with Crippen LogP contribution in [-0.2, 0) is 27.3 Å². The van der Waals surface area contributed by atoms with Crippen LogP contribution in [0.1, 0.15) is 31.9 Å². The summed E-state index contributed by atoms with van der Waals surface area (Å²) in [5, 5.41) is 20.3. The molecule has 0 unspecified atom stereocenters. The van der Waals surface area contributed by atoms with Gasteiger partial charge in [-0.05, 0) is 44.0 Å². The number of hydroxylamine groups is 2. The number of aromatic hydroxyl groups is 1. The normalized spacial score (nSPS) is 12.4. The number of hydrogen-bond donors (Lipinski definition) is 2. The number of hydrogen-bond acceptors (Lipinski definition) is 6. The van der Waals surface area contributed by atoms with E-state index >= 15 is 0 Å². The second-order valence-corrected chi connectivity index (χ2v) is 7.34. The highest BCUT2D eigenvalue weighted by atomic mass is 16.8. The first-order chi connectivity index (χ1) is 13.1. The Bertz CT molecular complexity index is 783. The fourth-order valence-electron chi connectivity index (χ4n) is 2.50. The molecule has 0 bridgehead atoms. The maximum atomic E-state index is 12.2. The molecule has 2 aromatic rings. The maximum absolute atomic E-state index is 12.2. The highest BCUT2D eigenvalue weighted by Gasteiger charge is 2.31. The summed E-state index contributed by atoms with van der Waals surface area (Å²) >= 11 is 0. The van der Waals surface area contributed by atoms with Crippen LogP contribution in [0.4, 0.5) is 4.79 Å². The van der Waals surface area contributed by atoms with Crippen molar-refractivity contribution in [1.82, 2.24) is 5.06 Å². The van der Waals surface area contributed by atoms with Crippen LogP contribution in [-0.4, -0.2) is 39.0 Å². The Morgan fingerprint density at radius 1 is 1.00 bits per heavy atom. The number of ether oxygens (including phenoxy) is 1. The molecule has 7 nitrogen and oxygen atoms in total. The average Bonchev–Trinajstić information content (AvgIpc) is 2.59. The highest BCUT2D eigenvalue weighted by Crippen LogP contribution is 2.18. The molecule has 150 valence electrons. The Hall–Kier alpha value is -3.06. The van der Waals surface area contributed by atoms with Gasteiger partial charge in [-0.3, -0.25) is 4.79 Å². The van der Waals surface area contributed by atoms with Gasteiger partial charge in [0.2, 0.25) is 0 Å². The molecule has 0 saturated heterocycles. The Kier molecular flexibility index (Phi) is 7.00. The lowest BCUT2D eigenvalue weighted by molar-refractivity contribution is -0.187. The highest BCUT2D eigenvalue weighted by molar-refractivity contribution is 5.74. The molecule has 28 heavy (non-hydrogen) atoms. The Morgan fingerprint density at radius 3 is 2.14 bits per heavy atom. The fraction of sp³-hybridized carbons (Fsp3) is 0.333. The number of rotatable bonds is 7. The summed E-state index contributed by atoms with van der Waals surface area (Å²) in [6, 6.07) is 14.2. The molecule has 2 N–H and O–H groups in total. The standard InChI is InChI=1S/C21H25NO6/c1-21(2,3)27-20(26)28-22(14-16-7-5-4-6-8-16)18(19(24)25)13-15-9-11-17(23)12-10-15/h4-12,18,23H,13-14H2,1-3H3,(H,24,25)/t18-/m1/s1. The second-order valence-electron chi connectivity index (χ2n) is 7.34. The number of phenolic OH excluding ortho intramolecular Hbond substituents is 1. The van der Waals surface area contributed by atoms with Gasteiger partial charge in [-0.25, -0.2) is 4.79 Å². The summed E-state index contributed by atoms with van der Waals surface area (Å²) in [5.74, 6) is -1.06. The molecule has 0 radical (unpaired) electrons. The Balaban J connectivity index is 2.25. The van der Waals surface area contributed by atoms with Crippen LogP contribution in [0.2, 0.25) is 0 Å². The molecule has 0 heterocycles. The molecule has 0 amide bonds. The summed E-state index contributed by atoms with van der Waals surface area (Å²) < 4.78 is 5.17. The first kappa shape index (κ1) is 21.2. The van der Waals surface area contributed by atoms with Crippen molar-refractivity contribution >= 4 is 12.1 Å². The van der Waals surface area contributed by atoms with Crippen LogP contribution in [0.15, 0.2) is 54.6 Å². The molecule has 1 atom stereocenters. The van der Waals surface area contributed by atoms with Gasteiger partial charge in [0.15, 0.2) is 0 Å². The van der Waals surface area contributed by atoms with Crippen molar-refractivity contribution in [3.05, 3.63) is 65.7 Å². The smallest absolute Gasteiger partial charge is 0.508 e. The Morgan fingerprint density at radius 2 is 1.61 bits per heavy atom. The number of carbonyl (C=O) groups is 2. The molecule has 2 rings (SSSR count). The topological polar surface area (TPSA) is 96.3 Å². The lowest BCUT2D eigenvalue weighted by atomic mass is 10.0. The van der Waals surface area contributed by atoms with Crippen molar-refractivity contribution in [3.8, 4) is 5.75 Å². The lowest BCUT2D eigenvalue weighted by Gasteiger charge is -2.28. The van der Waals surface area contributed by atoms with E-state index in [0.29, 0.717) is 5.56 Å². The van der Waals surface area contributed by atoms with Crippen LogP contribution in [0, 0.1) is 0 Å². The van der Waals surface area contributed by atoms with Crippen LogP contribution >= 0.6 is 0 Å². The number of aliphatic carboxylic acids is 1. The van der Waals surface area contributed by atoms with Gasteiger partial charge < -0.3 is 19.8 Å². The third kappa shape index (κ3) is 6.92. The number of phenols is 1.